The monoisotopic (exact) mass is 424 g/mol. The van der Waals surface area contributed by atoms with Crippen molar-refractivity contribution in [2.45, 2.75) is 24.3 Å². The van der Waals surface area contributed by atoms with Crippen molar-refractivity contribution in [3.8, 4) is 0 Å². The molecule has 0 aliphatic rings. The normalized spacial score (nSPS) is 12.2. The van der Waals surface area contributed by atoms with Gasteiger partial charge in [-0.3, -0.25) is 9.59 Å². The SMILES string of the molecule is CC(NS(=O)(=O)c1ccc(Cl)cc1)C(=O)OCC(=O)NCCc1ccccc1. The molecule has 2 aromatic rings. The molecule has 28 heavy (non-hydrogen) atoms. The Kier molecular flexibility index (Phi) is 7.98. The van der Waals surface area contributed by atoms with E-state index in [2.05, 4.69) is 10.0 Å². The Hall–Kier alpha value is -2.42. The highest BCUT2D eigenvalue weighted by Gasteiger charge is 2.23. The van der Waals surface area contributed by atoms with Gasteiger partial charge in [0.05, 0.1) is 4.90 Å². The molecule has 0 heterocycles. The van der Waals surface area contributed by atoms with E-state index in [-0.39, 0.29) is 4.90 Å². The lowest BCUT2D eigenvalue weighted by molar-refractivity contribution is -0.149. The van der Waals surface area contributed by atoms with Crippen molar-refractivity contribution in [1.82, 2.24) is 10.0 Å². The second kappa shape index (κ2) is 10.2. The van der Waals surface area contributed by atoms with E-state index in [9.17, 15) is 18.0 Å². The van der Waals surface area contributed by atoms with Crippen molar-refractivity contribution < 1.29 is 22.7 Å². The fourth-order valence-corrected chi connectivity index (χ4v) is 3.58. The summed E-state index contributed by atoms with van der Waals surface area (Å²) in [6, 6.07) is 14.0. The second-order valence-corrected chi connectivity index (χ2v) is 8.14. The molecule has 0 radical (unpaired) electrons. The molecule has 0 spiro atoms. The first kappa shape index (κ1) is 21.9. The van der Waals surface area contributed by atoms with Crippen molar-refractivity contribution in [2.75, 3.05) is 13.2 Å². The highest BCUT2D eigenvalue weighted by atomic mass is 35.5. The molecule has 1 amide bonds. The summed E-state index contributed by atoms with van der Waals surface area (Å²) in [6.07, 6.45) is 0.651. The zero-order chi connectivity index (χ0) is 20.6. The Morgan fingerprint density at radius 2 is 1.71 bits per heavy atom. The molecule has 0 saturated heterocycles. The van der Waals surface area contributed by atoms with Crippen molar-refractivity contribution in [1.29, 1.82) is 0 Å². The van der Waals surface area contributed by atoms with Crippen LogP contribution in [0.5, 0.6) is 0 Å². The van der Waals surface area contributed by atoms with Crippen LogP contribution in [0.2, 0.25) is 5.02 Å². The summed E-state index contributed by atoms with van der Waals surface area (Å²) in [5.74, 6) is -1.31. The Bertz CT molecular complexity index is 902. The van der Waals surface area contributed by atoms with Crippen LogP contribution in [0.1, 0.15) is 12.5 Å². The summed E-state index contributed by atoms with van der Waals surface area (Å²) in [7, 11) is -3.91. The Morgan fingerprint density at radius 1 is 1.07 bits per heavy atom. The van der Waals surface area contributed by atoms with Crippen LogP contribution in [0.3, 0.4) is 0 Å². The number of hydrogen-bond acceptors (Lipinski definition) is 5. The molecule has 2 N–H and O–H groups in total. The van der Waals surface area contributed by atoms with E-state index in [1.807, 2.05) is 30.3 Å². The van der Waals surface area contributed by atoms with Crippen LogP contribution < -0.4 is 10.0 Å². The highest BCUT2D eigenvalue weighted by molar-refractivity contribution is 7.89. The van der Waals surface area contributed by atoms with Crippen molar-refractivity contribution in [3.63, 3.8) is 0 Å². The van der Waals surface area contributed by atoms with E-state index < -0.39 is 34.5 Å². The number of sulfonamides is 1. The summed E-state index contributed by atoms with van der Waals surface area (Å²) in [4.78, 5) is 23.7. The standard InChI is InChI=1S/C19H21ClN2O5S/c1-14(22-28(25,26)17-9-7-16(20)8-10-17)19(24)27-13-18(23)21-12-11-15-5-3-2-4-6-15/h2-10,14,22H,11-13H2,1H3,(H,21,23). The maximum Gasteiger partial charge on any atom is 0.324 e. The topological polar surface area (TPSA) is 102 Å². The van der Waals surface area contributed by atoms with Gasteiger partial charge in [0.25, 0.3) is 5.91 Å². The molecule has 0 bridgehead atoms. The number of esters is 1. The lowest BCUT2D eigenvalue weighted by Crippen LogP contribution is -2.41. The average Bonchev–Trinajstić information content (AvgIpc) is 2.67. The largest absolute Gasteiger partial charge is 0.454 e. The quantitative estimate of drug-likeness (QED) is 0.599. The van der Waals surface area contributed by atoms with Gasteiger partial charge in [0.15, 0.2) is 6.61 Å². The van der Waals surface area contributed by atoms with Crippen molar-refractivity contribution in [2.24, 2.45) is 0 Å². The Morgan fingerprint density at radius 3 is 2.36 bits per heavy atom. The molecule has 1 unspecified atom stereocenters. The van der Waals surface area contributed by atoms with Crippen LogP contribution in [-0.4, -0.2) is 39.5 Å². The van der Waals surface area contributed by atoms with E-state index in [1.54, 1.807) is 0 Å². The molecular weight excluding hydrogens is 404 g/mol. The third kappa shape index (κ3) is 6.95. The number of rotatable bonds is 9. The van der Waals surface area contributed by atoms with E-state index in [1.165, 1.54) is 31.2 Å². The minimum atomic E-state index is -3.91. The van der Waals surface area contributed by atoms with Gasteiger partial charge in [-0.25, -0.2) is 8.42 Å². The van der Waals surface area contributed by atoms with Crippen molar-refractivity contribution >= 4 is 33.5 Å². The Labute approximate surface area is 169 Å². The molecule has 0 fully saturated rings. The van der Waals surface area contributed by atoms with Gasteiger partial charge in [0, 0.05) is 11.6 Å². The first-order chi connectivity index (χ1) is 13.3. The number of carbonyl (C=O) groups excluding carboxylic acids is 2. The third-order valence-corrected chi connectivity index (χ3v) is 5.54. The molecule has 7 nitrogen and oxygen atoms in total. The first-order valence-electron chi connectivity index (χ1n) is 8.53. The first-order valence-corrected chi connectivity index (χ1v) is 10.4. The van der Waals surface area contributed by atoms with Crippen LogP contribution in [0.15, 0.2) is 59.5 Å². The molecule has 150 valence electrons. The lowest BCUT2D eigenvalue weighted by atomic mass is 10.1. The lowest BCUT2D eigenvalue weighted by Gasteiger charge is -2.14. The maximum absolute atomic E-state index is 12.2. The predicted molar refractivity (Wildman–Crippen MR) is 105 cm³/mol. The summed E-state index contributed by atoms with van der Waals surface area (Å²) >= 11 is 5.73. The summed E-state index contributed by atoms with van der Waals surface area (Å²) in [6.45, 7) is 1.25. The number of halogens is 1. The van der Waals surface area contributed by atoms with Crippen molar-refractivity contribution in [3.05, 3.63) is 65.2 Å². The fraction of sp³-hybridized carbons (Fsp3) is 0.263. The maximum atomic E-state index is 12.2. The zero-order valence-corrected chi connectivity index (χ0v) is 16.8. The van der Waals surface area contributed by atoms with Crippen LogP contribution >= 0.6 is 11.6 Å². The van der Waals surface area contributed by atoms with Crippen LogP contribution in [-0.2, 0) is 30.8 Å². The molecule has 0 aromatic heterocycles. The van der Waals surface area contributed by atoms with E-state index >= 15 is 0 Å². The van der Waals surface area contributed by atoms with Gasteiger partial charge in [0.1, 0.15) is 6.04 Å². The van der Waals surface area contributed by atoms with Gasteiger partial charge in [-0.1, -0.05) is 41.9 Å². The molecule has 0 saturated carbocycles. The van der Waals surface area contributed by atoms with Gasteiger partial charge >= 0.3 is 5.97 Å². The fourth-order valence-electron chi connectivity index (χ4n) is 2.27. The smallest absolute Gasteiger partial charge is 0.324 e. The van der Waals surface area contributed by atoms with Gasteiger partial charge in [-0.05, 0) is 43.2 Å². The van der Waals surface area contributed by atoms with Gasteiger partial charge in [0.2, 0.25) is 10.0 Å². The summed E-state index contributed by atoms with van der Waals surface area (Å²) < 4.78 is 31.5. The average molecular weight is 425 g/mol. The zero-order valence-electron chi connectivity index (χ0n) is 15.2. The van der Waals surface area contributed by atoms with E-state index in [0.717, 1.165) is 5.56 Å². The molecule has 0 aliphatic heterocycles. The number of nitrogens with one attached hydrogen (secondary N) is 2. The predicted octanol–water partition coefficient (Wildman–Crippen LogP) is 1.91. The second-order valence-electron chi connectivity index (χ2n) is 5.99. The molecular formula is C19H21ClN2O5S. The third-order valence-electron chi connectivity index (χ3n) is 3.73. The minimum Gasteiger partial charge on any atom is -0.454 e. The van der Waals surface area contributed by atoms with Crippen LogP contribution in [0.25, 0.3) is 0 Å². The minimum absolute atomic E-state index is 0.0322. The number of amides is 1. The molecule has 0 aliphatic carbocycles. The molecule has 2 rings (SSSR count). The highest BCUT2D eigenvalue weighted by Crippen LogP contribution is 2.14. The number of carbonyl (C=O) groups is 2. The molecule has 9 heteroatoms. The van der Waals surface area contributed by atoms with Gasteiger partial charge < -0.3 is 10.1 Å². The summed E-state index contributed by atoms with van der Waals surface area (Å²) in [5.41, 5.74) is 1.07. The van der Waals surface area contributed by atoms with Crippen LogP contribution in [0, 0.1) is 0 Å². The molecule has 1 atom stereocenters. The number of hydrogen-bond donors (Lipinski definition) is 2. The van der Waals surface area contributed by atoms with Gasteiger partial charge in [-0.15, -0.1) is 0 Å². The van der Waals surface area contributed by atoms with Gasteiger partial charge in [-0.2, -0.15) is 4.72 Å². The number of benzene rings is 2. The van der Waals surface area contributed by atoms with E-state index in [4.69, 9.17) is 16.3 Å². The Balaban J connectivity index is 1.75. The van der Waals surface area contributed by atoms with Crippen LogP contribution in [0.4, 0.5) is 0 Å². The summed E-state index contributed by atoms with van der Waals surface area (Å²) in [5, 5.41) is 3.03. The van der Waals surface area contributed by atoms with E-state index in [0.29, 0.717) is 18.0 Å². The number of ether oxygens (including phenoxy) is 1. The molecule has 2 aromatic carbocycles.